The quantitative estimate of drug-likeness (QED) is 0.834. The third-order valence-corrected chi connectivity index (χ3v) is 6.17. The first-order chi connectivity index (χ1) is 10.6. The normalized spacial score (nSPS) is 20.2. The summed E-state index contributed by atoms with van der Waals surface area (Å²) in [5, 5.41) is 3.42. The molecule has 1 saturated heterocycles. The number of sulfone groups is 1. The van der Waals surface area contributed by atoms with Crippen LogP contribution in [0, 0.1) is 0 Å². The highest BCUT2D eigenvalue weighted by atomic mass is 32.2. The molecule has 4 nitrogen and oxygen atoms in total. The van der Waals surface area contributed by atoms with Crippen LogP contribution in [0.4, 0.5) is 0 Å². The molecule has 0 amide bonds. The Kier molecular flexibility index (Phi) is 6.41. The van der Waals surface area contributed by atoms with E-state index in [4.69, 9.17) is 0 Å². The Morgan fingerprint density at radius 3 is 2.55 bits per heavy atom. The van der Waals surface area contributed by atoms with Crippen molar-refractivity contribution < 1.29 is 8.42 Å². The maximum Gasteiger partial charge on any atom is 0.151 e. The molecular formula is C17H28N2O2S. The molecule has 0 aliphatic carbocycles. The van der Waals surface area contributed by atoms with E-state index in [9.17, 15) is 8.42 Å². The molecule has 0 aromatic heterocycles. The number of nitrogens with zero attached hydrogens (tertiary/aromatic N) is 1. The lowest BCUT2D eigenvalue weighted by Gasteiger charge is -2.36. The van der Waals surface area contributed by atoms with E-state index in [0.29, 0.717) is 18.7 Å². The summed E-state index contributed by atoms with van der Waals surface area (Å²) >= 11 is 0. The summed E-state index contributed by atoms with van der Waals surface area (Å²) in [4.78, 5) is 2.31. The first kappa shape index (κ1) is 17.4. The molecular weight excluding hydrogens is 296 g/mol. The van der Waals surface area contributed by atoms with E-state index in [1.807, 2.05) is 6.92 Å². The second-order valence-electron chi connectivity index (χ2n) is 6.00. The van der Waals surface area contributed by atoms with E-state index < -0.39 is 9.84 Å². The molecule has 1 atom stereocenters. The molecule has 1 heterocycles. The zero-order chi connectivity index (χ0) is 16.0. The van der Waals surface area contributed by atoms with Gasteiger partial charge in [0.15, 0.2) is 9.84 Å². The fourth-order valence-corrected chi connectivity index (χ4v) is 4.33. The number of rotatable bonds is 7. The summed E-state index contributed by atoms with van der Waals surface area (Å²) in [5.74, 6) is 0.569. The van der Waals surface area contributed by atoms with Crippen LogP contribution in [-0.2, 0) is 16.3 Å². The fraction of sp³-hybridized carbons (Fsp3) is 0.647. The minimum absolute atomic E-state index is 0.268. The molecule has 0 saturated carbocycles. The first-order valence-electron chi connectivity index (χ1n) is 8.29. The molecule has 2 rings (SSSR count). The topological polar surface area (TPSA) is 49.4 Å². The Labute approximate surface area is 134 Å². The first-order valence-corrected chi connectivity index (χ1v) is 10.1. The average molecular weight is 324 g/mol. The Hall–Kier alpha value is -0.910. The number of piperazine rings is 1. The van der Waals surface area contributed by atoms with E-state index in [2.05, 4.69) is 41.4 Å². The van der Waals surface area contributed by atoms with Crippen molar-refractivity contribution in [3.05, 3.63) is 35.4 Å². The lowest BCUT2D eigenvalue weighted by Crippen LogP contribution is -2.47. The molecule has 22 heavy (non-hydrogen) atoms. The van der Waals surface area contributed by atoms with E-state index in [1.165, 1.54) is 11.1 Å². The summed E-state index contributed by atoms with van der Waals surface area (Å²) < 4.78 is 23.9. The lowest BCUT2D eigenvalue weighted by molar-refractivity contribution is 0.172. The Bertz CT molecular complexity index is 555. The van der Waals surface area contributed by atoms with E-state index >= 15 is 0 Å². The van der Waals surface area contributed by atoms with Crippen molar-refractivity contribution in [3.63, 3.8) is 0 Å². The molecule has 5 heteroatoms. The van der Waals surface area contributed by atoms with Crippen LogP contribution in [-0.4, -0.2) is 51.0 Å². The second kappa shape index (κ2) is 8.09. The Balaban J connectivity index is 2.04. The SMILES string of the molecule is CCCS(=O)(=O)CCN1CCNCC1c1ccc(CC)cc1. The van der Waals surface area contributed by atoms with Gasteiger partial charge in [-0.15, -0.1) is 0 Å². The van der Waals surface area contributed by atoms with Crippen LogP contribution >= 0.6 is 0 Å². The molecule has 124 valence electrons. The van der Waals surface area contributed by atoms with Crippen LogP contribution in [0.3, 0.4) is 0 Å². The van der Waals surface area contributed by atoms with Gasteiger partial charge < -0.3 is 5.32 Å². The van der Waals surface area contributed by atoms with Crippen molar-refractivity contribution >= 4 is 9.84 Å². The Morgan fingerprint density at radius 1 is 1.18 bits per heavy atom. The van der Waals surface area contributed by atoms with Gasteiger partial charge in [0.05, 0.1) is 5.75 Å². The minimum atomic E-state index is -2.91. The third-order valence-electron chi connectivity index (χ3n) is 4.33. The molecule has 1 aromatic carbocycles. The van der Waals surface area contributed by atoms with E-state index in [-0.39, 0.29) is 11.8 Å². The van der Waals surface area contributed by atoms with Gasteiger partial charge in [-0.1, -0.05) is 38.1 Å². The van der Waals surface area contributed by atoms with Gasteiger partial charge in [0.25, 0.3) is 0 Å². The number of aryl methyl sites for hydroxylation is 1. The zero-order valence-electron chi connectivity index (χ0n) is 13.7. The molecule has 1 aliphatic rings. The van der Waals surface area contributed by atoms with Gasteiger partial charge in [0.2, 0.25) is 0 Å². The van der Waals surface area contributed by atoms with Crippen LogP contribution in [0.25, 0.3) is 0 Å². The van der Waals surface area contributed by atoms with E-state index in [0.717, 1.165) is 26.1 Å². The van der Waals surface area contributed by atoms with Crippen molar-refractivity contribution in [1.29, 1.82) is 0 Å². The predicted molar refractivity (Wildman–Crippen MR) is 91.9 cm³/mol. The smallest absolute Gasteiger partial charge is 0.151 e. The van der Waals surface area contributed by atoms with Crippen molar-refractivity contribution in [3.8, 4) is 0 Å². The van der Waals surface area contributed by atoms with Crippen LogP contribution in [0.15, 0.2) is 24.3 Å². The summed E-state index contributed by atoms with van der Waals surface area (Å²) in [5.41, 5.74) is 2.61. The van der Waals surface area contributed by atoms with Gasteiger partial charge in [-0.05, 0) is 24.0 Å². The zero-order valence-corrected chi connectivity index (χ0v) is 14.5. The molecule has 1 fully saturated rings. The highest BCUT2D eigenvalue weighted by Crippen LogP contribution is 2.22. The minimum Gasteiger partial charge on any atom is -0.314 e. The van der Waals surface area contributed by atoms with Crippen LogP contribution < -0.4 is 5.32 Å². The number of nitrogens with one attached hydrogen (secondary N) is 1. The number of benzene rings is 1. The van der Waals surface area contributed by atoms with Gasteiger partial charge in [-0.2, -0.15) is 0 Å². The van der Waals surface area contributed by atoms with Crippen molar-refractivity contribution in [2.75, 3.05) is 37.7 Å². The van der Waals surface area contributed by atoms with E-state index in [1.54, 1.807) is 0 Å². The fourth-order valence-electron chi connectivity index (χ4n) is 2.99. The molecule has 0 bridgehead atoms. The lowest BCUT2D eigenvalue weighted by atomic mass is 10.0. The van der Waals surface area contributed by atoms with Gasteiger partial charge in [-0.3, -0.25) is 4.90 Å². The maximum atomic E-state index is 12.0. The van der Waals surface area contributed by atoms with Crippen molar-refractivity contribution in [1.82, 2.24) is 10.2 Å². The molecule has 1 N–H and O–H groups in total. The highest BCUT2D eigenvalue weighted by Gasteiger charge is 2.24. The monoisotopic (exact) mass is 324 g/mol. The Morgan fingerprint density at radius 2 is 1.91 bits per heavy atom. The summed E-state index contributed by atoms with van der Waals surface area (Å²) in [7, 11) is -2.91. The van der Waals surface area contributed by atoms with Gasteiger partial charge in [0, 0.05) is 38.0 Å². The van der Waals surface area contributed by atoms with Crippen LogP contribution in [0.1, 0.15) is 37.4 Å². The summed E-state index contributed by atoms with van der Waals surface area (Å²) in [6.07, 6.45) is 1.74. The van der Waals surface area contributed by atoms with Gasteiger partial charge in [-0.25, -0.2) is 8.42 Å². The largest absolute Gasteiger partial charge is 0.314 e. The highest BCUT2D eigenvalue weighted by molar-refractivity contribution is 7.91. The molecule has 1 aliphatic heterocycles. The van der Waals surface area contributed by atoms with Crippen LogP contribution in [0.2, 0.25) is 0 Å². The van der Waals surface area contributed by atoms with Crippen molar-refractivity contribution in [2.45, 2.75) is 32.7 Å². The predicted octanol–water partition coefficient (Wildman–Crippen LogP) is 2.02. The molecule has 0 spiro atoms. The molecule has 1 aromatic rings. The summed E-state index contributed by atoms with van der Waals surface area (Å²) in [6.45, 7) is 7.42. The molecule has 1 unspecified atom stereocenters. The standard InChI is InChI=1S/C17H28N2O2S/c1-3-12-22(20,21)13-11-19-10-9-18-14-17(19)16-7-5-15(4-2)6-8-16/h5-8,17-18H,3-4,9-14H2,1-2H3. The van der Waals surface area contributed by atoms with Gasteiger partial charge in [0.1, 0.15) is 0 Å². The average Bonchev–Trinajstić information content (AvgIpc) is 2.53. The molecule has 0 radical (unpaired) electrons. The number of hydrogen-bond acceptors (Lipinski definition) is 4. The number of hydrogen-bond donors (Lipinski definition) is 1. The second-order valence-corrected chi connectivity index (χ2v) is 8.31. The summed E-state index contributed by atoms with van der Waals surface area (Å²) in [6, 6.07) is 9.00. The third kappa shape index (κ3) is 4.80. The maximum absolute atomic E-state index is 12.0. The van der Waals surface area contributed by atoms with Crippen molar-refractivity contribution in [2.24, 2.45) is 0 Å². The van der Waals surface area contributed by atoms with Gasteiger partial charge >= 0.3 is 0 Å². The van der Waals surface area contributed by atoms with Crippen LogP contribution in [0.5, 0.6) is 0 Å².